The van der Waals surface area contributed by atoms with E-state index in [-0.39, 0.29) is 19.1 Å². The normalized spacial score (nSPS) is 16.4. The minimum absolute atomic E-state index is 0.152. The van der Waals surface area contributed by atoms with Gasteiger partial charge >= 0.3 is 6.18 Å². The molecule has 2 aromatic carbocycles. The Balaban J connectivity index is 1.16. The Hall–Kier alpha value is -2.73. The summed E-state index contributed by atoms with van der Waals surface area (Å²) in [4.78, 5) is 20.8. The van der Waals surface area contributed by atoms with Gasteiger partial charge in [0, 0.05) is 44.5 Å². The van der Waals surface area contributed by atoms with E-state index in [2.05, 4.69) is 15.2 Å². The Kier molecular flexibility index (Phi) is 7.90. The number of hydrogen-bond donors (Lipinski definition) is 2. The van der Waals surface area contributed by atoms with E-state index < -0.39 is 17.8 Å². The van der Waals surface area contributed by atoms with Crippen molar-refractivity contribution >= 4 is 33.1 Å². The number of hydrogen-bond acceptors (Lipinski definition) is 7. The second-order valence-corrected chi connectivity index (χ2v) is 9.76. The summed E-state index contributed by atoms with van der Waals surface area (Å²) in [7, 11) is 0. The van der Waals surface area contributed by atoms with Crippen molar-refractivity contribution in [2.75, 3.05) is 51.2 Å². The van der Waals surface area contributed by atoms with E-state index >= 15 is 0 Å². The number of alkyl halides is 3. The van der Waals surface area contributed by atoms with Crippen LogP contribution in [0.5, 0.6) is 5.75 Å². The van der Waals surface area contributed by atoms with E-state index in [1.807, 2.05) is 30.0 Å². The summed E-state index contributed by atoms with van der Waals surface area (Å²) in [6, 6.07) is 10.1. The van der Waals surface area contributed by atoms with Crippen LogP contribution in [0.2, 0.25) is 0 Å². The van der Waals surface area contributed by atoms with Crippen molar-refractivity contribution in [3.63, 3.8) is 0 Å². The maximum absolute atomic E-state index is 12.7. The number of amides is 1. The van der Waals surface area contributed by atoms with Crippen LogP contribution in [0.25, 0.3) is 10.2 Å². The topological polar surface area (TPSA) is 77.9 Å². The maximum Gasteiger partial charge on any atom is 0.416 e. The fraction of sp³-hybridized carbons (Fsp3) is 0.417. The Labute approximate surface area is 205 Å². The smallest absolute Gasteiger partial charge is 0.416 e. The number of benzene rings is 2. The molecule has 4 rings (SSSR count). The first-order chi connectivity index (χ1) is 16.7. The first-order valence-electron chi connectivity index (χ1n) is 11.3. The van der Waals surface area contributed by atoms with Crippen LogP contribution in [0.3, 0.4) is 0 Å². The molecule has 0 spiro atoms. The summed E-state index contributed by atoms with van der Waals surface area (Å²) in [6.45, 7) is 5.42. The zero-order valence-electron chi connectivity index (χ0n) is 19.2. The third-order valence-electron chi connectivity index (χ3n) is 5.71. The summed E-state index contributed by atoms with van der Waals surface area (Å²) >= 11 is 1.62. The molecule has 11 heteroatoms. The third kappa shape index (κ3) is 7.14. The lowest BCUT2D eigenvalue weighted by molar-refractivity contribution is -0.137. The summed E-state index contributed by atoms with van der Waals surface area (Å²) in [5.74, 6) is 0.393. The second kappa shape index (κ2) is 10.9. The molecule has 1 aromatic heterocycles. The molecule has 1 atom stereocenters. The number of piperazine rings is 1. The predicted octanol–water partition coefficient (Wildman–Crippen LogP) is 3.62. The molecule has 3 aromatic rings. The number of thiazole rings is 1. The number of nitrogens with one attached hydrogen (secondary N) is 1. The molecule has 0 saturated carbocycles. The quantitative estimate of drug-likeness (QED) is 0.484. The molecule has 1 aliphatic heterocycles. The van der Waals surface area contributed by atoms with E-state index in [1.165, 1.54) is 12.1 Å². The van der Waals surface area contributed by atoms with E-state index in [9.17, 15) is 23.1 Å². The highest BCUT2D eigenvalue weighted by Gasteiger charge is 2.30. The highest BCUT2D eigenvalue weighted by atomic mass is 32.1. The number of anilines is 1. The minimum Gasteiger partial charge on any atom is -0.491 e. The number of halogens is 3. The fourth-order valence-corrected chi connectivity index (χ4v) is 4.74. The minimum atomic E-state index is -4.41. The van der Waals surface area contributed by atoms with Crippen LogP contribution < -0.4 is 10.1 Å². The number of aliphatic hydroxyl groups excluding tert-OH is 1. The number of fused-ring (bicyclic) bond motifs is 1. The molecule has 0 unspecified atom stereocenters. The van der Waals surface area contributed by atoms with Crippen molar-refractivity contribution in [1.82, 2.24) is 14.8 Å². The first kappa shape index (κ1) is 25.4. The van der Waals surface area contributed by atoms with Gasteiger partial charge in [0.2, 0.25) is 5.91 Å². The van der Waals surface area contributed by atoms with Crippen LogP contribution in [-0.2, 0) is 11.0 Å². The molecule has 0 bridgehead atoms. The van der Waals surface area contributed by atoms with Crippen molar-refractivity contribution < 1.29 is 27.8 Å². The van der Waals surface area contributed by atoms with E-state index in [0.717, 1.165) is 27.4 Å². The number of rotatable bonds is 8. The van der Waals surface area contributed by atoms with Crippen molar-refractivity contribution in [2.24, 2.45) is 0 Å². The number of carbonyl (C=O) groups is 1. The van der Waals surface area contributed by atoms with Gasteiger partial charge in [0.25, 0.3) is 0 Å². The van der Waals surface area contributed by atoms with E-state index in [0.29, 0.717) is 44.2 Å². The number of nitrogens with zero attached hydrogens (tertiary/aromatic N) is 3. The van der Waals surface area contributed by atoms with Gasteiger partial charge in [-0.15, -0.1) is 11.3 Å². The summed E-state index contributed by atoms with van der Waals surface area (Å²) in [5, 5.41) is 14.0. The molecule has 1 aliphatic rings. The number of aromatic nitrogens is 1. The molecule has 2 N–H and O–H groups in total. The van der Waals surface area contributed by atoms with Gasteiger partial charge in [-0.2, -0.15) is 13.2 Å². The molecule has 188 valence electrons. The molecule has 0 aliphatic carbocycles. The monoisotopic (exact) mass is 508 g/mol. The van der Waals surface area contributed by atoms with E-state index in [1.54, 1.807) is 11.3 Å². The van der Waals surface area contributed by atoms with Crippen LogP contribution in [0.4, 0.5) is 18.9 Å². The lowest BCUT2D eigenvalue weighted by Gasteiger charge is -2.35. The second-order valence-electron chi connectivity index (χ2n) is 8.53. The standard InChI is InChI=1S/C24H27F3N4O3S/c1-16-28-21-12-20(6-7-22(21)35-16)34-15-19(32)13-30-8-10-31(11-9-30)14-23(33)29-18-4-2-17(3-5-18)24(25,26)27/h2-7,12,19,32H,8-11,13-15H2,1H3,(H,29,33)/t19-/m1/s1. The zero-order chi connectivity index (χ0) is 25.0. The maximum atomic E-state index is 12.7. The number of aliphatic hydroxyl groups is 1. The summed E-state index contributed by atoms with van der Waals surface area (Å²) in [5.41, 5.74) is 0.460. The number of ether oxygens (including phenoxy) is 1. The van der Waals surface area contributed by atoms with Crippen LogP contribution in [-0.4, -0.2) is 77.8 Å². The van der Waals surface area contributed by atoms with Crippen molar-refractivity contribution in [2.45, 2.75) is 19.2 Å². The fourth-order valence-electron chi connectivity index (χ4n) is 3.93. The Morgan fingerprint density at radius 2 is 1.83 bits per heavy atom. The van der Waals surface area contributed by atoms with Crippen molar-refractivity contribution in [3.8, 4) is 5.75 Å². The van der Waals surface area contributed by atoms with Crippen molar-refractivity contribution in [1.29, 1.82) is 0 Å². The van der Waals surface area contributed by atoms with Gasteiger partial charge < -0.3 is 15.2 Å². The molecule has 1 saturated heterocycles. The molecule has 1 amide bonds. The average molecular weight is 509 g/mol. The van der Waals surface area contributed by atoms with Gasteiger partial charge in [-0.05, 0) is 43.3 Å². The van der Waals surface area contributed by atoms with E-state index in [4.69, 9.17) is 4.74 Å². The first-order valence-corrected chi connectivity index (χ1v) is 12.1. The average Bonchev–Trinajstić information content (AvgIpc) is 3.18. The highest BCUT2D eigenvalue weighted by molar-refractivity contribution is 7.18. The molecule has 35 heavy (non-hydrogen) atoms. The van der Waals surface area contributed by atoms with Gasteiger partial charge in [-0.25, -0.2) is 4.98 Å². The van der Waals surface area contributed by atoms with Gasteiger partial charge in [0.15, 0.2) is 0 Å². The summed E-state index contributed by atoms with van der Waals surface area (Å²) in [6.07, 6.45) is -5.06. The van der Waals surface area contributed by atoms with Crippen LogP contribution in [0.1, 0.15) is 10.6 Å². The van der Waals surface area contributed by atoms with Gasteiger partial charge in [0.1, 0.15) is 18.5 Å². The number of carbonyl (C=O) groups excluding carboxylic acids is 1. The molecular formula is C24H27F3N4O3S. The number of β-amino-alcohol motifs (C(OH)–C–C–N with tert-alkyl or cyclic N) is 1. The Morgan fingerprint density at radius 1 is 1.14 bits per heavy atom. The van der Waals surface area contributed by atoms with Crippen LogP contribution in [0, 0.1) is 6.92 Å². The largest absolute Gasteiger partial charge is 0.491 e. The lowest BCUT2D eigenvalue weighted by atomic mass is 10.2. The highest BCUT2D eigenvalue weighted by Crippen LogP contribution is 2.30. The molecule has 2 heterocycles. The van der Waals surface area contributed by atoms with Crippen LogP contribution >= 0.6 is 11.3 Å². The molecule has 0 radical (unpaired) electrons. The Morgan fingerprint density at radius 3 is 2.51 bits per heavy atom. The molecule has 1 fully saturated rings. The lowest BCUT2D eigenvalue weighted by Crippen LogP contribution is -2.50. The van der Waals surface area contributed by atoms with Crippen molar-refractivity contribution in [3.05, 3.63) is 53.0 Å². The molecule has 7 nitrogen and oxygen atoms in total. The predicted molar refractivity (Wildman–Crippen MR) is 129 cm³/mol. The zero-order valence-corrected chi connectivity index (χ0v) is 20.0. The van der Waals surface area contributed by atoms with Gasteiger partial charge in [-0.3, -0.25) is 14.6 Å². The van der Waals surface area contributed by atoms with Crippen LogP contribution in [0.15, 0.2) is 42.5 Å². The SMILES string of the molecule is Cc1nc2cc(OC[C@H](O)CN3CCN(CC(=O)Nc4ccc(C(F)(F)F)cc4)CC3)ccc2s1. The number of aryl methyl sites for hydroxylation is 1. The Bertz CT molecular complexity index is 1150. The molecular weight excluding hydrogens is 481 g/mol. The summed E-state index contributed by atoms with van der Waals surface area (Å²) < 4.78 is 44.8. The third-order valence-corrected chi connectivity index (χ3v) is 6.66. The van der Waals surface area contributed by atoms with Gasteiger partial charge in [0.05, 0.1) is 27.3 Å². The van der Waals surface area contributed by atoms with Gasteiger partial charge in [-0.1, -0.05) is 0 Å².